The van der Waals surface area contributed by atoms with E-state index in [4.69, 9.17) is 18.0 Å². The number of nitrogens with one attached hydrogen (secondary N) is 1. The molecule has 0 atom stereocenters. The number of nitrogens with two attached hydrogens (primary N) is 1. The molecule has 0 unspecified atom stereocenters. The molecule has 0 bridgehead atoms. The van der Waals surface area contributed by atoms with Crippen molar-refractivity contribution in [3.63, 3.8) is 0 Å². The van der Waals surface area contributed by atoms with E-state index >= 15 is 0 Å². The van der Waals surface area contributed by atoms with Crippen LogP contribution in [-0.2, 0) is 0 Å². The summed E-state index contributed by atoms with van der Waals surface area (Å²) in [4.78, 5) is 12.1. The maximum atomic E-state index is 11.8. The Morgan fingerprint density at radius 1 is 1.41 bits per heavy atom. The monoisotopic (exact) mass is 264 g/mol. The lowest BCUT2D eigenvalue weighted by Crippen LogP contribution is -2.14. The Morgan fingerprint density at radius 3 is 2.82 bits per heavy atom. The summed E-state index contributed by atoms with van der Waals surface area (Å²) in [5.74, 6) is -0.264. The molecule has 2 aromatic rings. The topological polar surface area (TPSA) is 80.9 Å². The van der Waals surface area contributed by atoms with E-state index in [0.717, 1.165) is 0 Å². The highest BCUT2D eigenvalue weighted by molar-refractivity contribution is 7.80. The van der Waals surface area contributed by atoms with Crippen molar-refractivity contribution in [1.82, 2.24) is 10.2 Å². The average molecular weight is 264 g/mol. The van der Waals surface area contributed by atoms with E-state index in [1.165, 1.54) is 11.3 Å². The molecule has 1 heterocycles. The predicted octanol–water partition coefficient (Wildman–Crippen LogP) is 1.42. The first-order valence-corrected chi connectivity index (χ1v) is 5.93. The van der Waals surface area contributed by atoms with E-state index in [1.807, 2.05) is 0 Å². The summed E-state index contributed by atoms with van der Waals surface area (Å²) in [5, 5.41) is 10.4. The zero-order chi connectivity index (χ0) is 12.3. The van der Waals surface area contributed by atoms with E-state index in [-0.39, 0.29) is 10.9 Å². The summed E-state index contributed by atoms with van der Waals surface area (Å²) in [7, 11) is 0. The number of hydrogen-bond acceptors (Lipinski definition) is 5. The maximum Gasteiger partial charge on any atom is 0.257 e. The normalized spacial score (nSPS) is 9.88. The number of carbonyl (C=O) groups is 1. The van der Waals surface area contributed by atoms with Crippen LogP contribution in [0.2, 0.25) is 0 Å². The molecule has 1 aromatic carbocycles. The molecule has 0 aliphatic rings. The number of nitrogens with zero attached hydrogens (tertiary/aromatic N) is 2. The first-order chi connectivity index (χ1) is 8.16. The Labute approximate surface area is 107 Å². The molecule has 3 N–H and O–H groups in total. The standard InChI is InChI=1S/C10H8N4OS2/c11-8(16)6-2-1-3-7(4-6)9(15)13-10-14-12-5-17-10/h1-5H,(H2,11,16)(H,13,14,15). The van der Waals surface area contributed by atoms with Crippen molar-refractivity contribution in [3.05, 3.63) is 40.9 Å². The minimum Gasteiger partial charge on any atom is -0.389 e. The predicted molar refractivity (Wildman–Crippen MR) is 70.2 cm³/mol. The lowest BCUT2D eigenvalue weighted by molar-refractivity contribution is 0.102. The molecule has 0 radical (unpaired) electrons. The fourth-order valence-corrected chi connectivity index (χ4v) is 1.78. The van der Waals surface area contributed by atoms with E-state index in [0.29, 0.717) is 16.3 Å². The van der Waals surface area contributed by atoms with Crippen LogP contribution < -0.4 is 11.1 Å². The number of hydrogen-bond donors (Lipinski definition) is 2. The van der Waals surface area contributed by atoms with Crippen LogP contribution in [-0.4, -0.2) is 21.1 Å². The maximum absolute atomic E-state index is 11.8. The third-order valence-electron chi connectivity index (χ3n) is 1.99. The molecular formula is C10H8N4OS2. The molecular weight excluding hydrogens is 256 g/mol. The van der Waals surface area contributed by atoms with E-state index in [2.05, 4.69) is 15.5 Å². The smallest absolute Gasteiger partial charge is 0.257 e. The van der Waals surface area contributed by atoms with Crippen LogP contribution in [0.25, 0.3) is 0 Å². The third kappa shape index (κ3) is 2.83. The van der Waals surface area contributed by atoms with Gasteiger partial charge in [0.05, 0.1) is 0 Å². The molecule has 7 heteroatoms. The zero-order valence-corrected chi connectivity index (χ0v) is 10.2. The zero-order valence-electron chi connectivity index (χ0n) is 8.58. The van der Waals surface area contributed by atoms with Crippen molar-refractivity contribution in [2.75, 3.05) is 5.32 Å². The summed E-state index contributed by atoms with van der Waals surface area (Å²) in [6.07, 6.45) is 0. The Hall–Kier alpha value is -1.86. The van der Waals surface area contributed by atoms with Crippen LogP contribution in [0.5, 0.6) is 0 Å². The van der Waals surface area contributed by atoms with Crippen molar-refractivity contribution >= 4 is 39.6 Å². The Kier molecular flexibility index (Phi) is 3.40. The van der Waals surface area contributed by atoms with Gasteiger partial charge in [0.15, 0.2) is 0 Å². The first kappa shape index (κ1) is 11.6. The van der Waals surface area contributed by atoms with E-state index in [1.54, 1.807) is 29.8 Å². The van der Waals surface area contributed by atoms with Gasteiger partial charge in [-0.1, -0.05) is 35.7 Å². The summed E-state index contributed by atoms with van der Waals surface area (Å²) >= 11 is 6.10. The average Bonchev–Trinajstić information content (AvgIpc) is 2.82. The van der Waals surface area contributed by atoms with E-state index in [9.17, 15) is 4.79 Å². The molecule has 0 saturated heterocycles. The number of amides is 1. The Balaban J connectivity index is 2.19. The molecule has 0 aliphatic heterocycles. The van der Waals surface area contributed by atoms with Crippen LogP contribution in [0, 0.1) is 0 Å². The van der Waals surface area contributed by atoms with Gasteiger partial charge in [0.25, 0.3) is 5.91 Å². The number of anilines is 1. The van der Waals surface area contributed by atoms with Crippen molar-refractivity contribution in [2.45, 2.75) is 0 Å². The fourth-order valence-electron chi connectivity index (χ4n) is 1.21. The Bertz CT molecular complexity index is 553. The molecule has 2 rings (SSSR count). The fraction of sp³-hybridized carbons (Fsp3) is 0. The van der Waals surface area contributed by atoms with Gasteiger partial charge in [0, 0.05) is 11.1 Å². The summed E-state index contributed by atoms with van der Waals surface area (Å²) in [5.41, 5.74) is 8.18. The molecule has 86 valence electrons. The second-order valence-corrected chi connectivity index (χ2v) is 4.42. The number of aromatic nitrogens is 2. The number of thiocarbonyl (C=S) groups is 1. The lowest BCUT2D eigenvalue weighted by Gasteiger charge is -2.03. The second-order valence-electron chi connectivity index (χ2n) is 3.14. The number of rotatable bonds is 3. The summed E-state index contributed by atoms with van der Waals surface area (Å²) < 4.78 is 0. The van der Waals surface area contributed by atoms with Crippen LogP contribution in [0.4, 0.5) is 5.13 Å². The minimum atomic E-state index is -0.264. The molecule has 17 heavy (non-hydrogen) atoms. The van der Waals surface area contributed by atoms with Gasteiger partial charge in [-0.2, -0.15) is 0 Å². The van der Waals surface area contributed by atoms with Crippen LogP contribution in [0.3, 0.4) is 0 Å². The Morgan fingerprint density at radius 2 is 2.18 bits per heavy atom. The van der Waals surface area contributed by atoms with Crippen molar-refractivity contribution in [2.24, 2.45) is 5.73 Å². The highest BCUT2D eigenvalue weighted by Gasteiger charge is 2.09. The minimum absolute atomic E-state index is 0.260. The van der Waals surface area contributed by atoms with Crippen molar-refractivity contribution in [1.29, 1.82) is 0 Å². The van der Waals surface area contributed by atoms with Crippen LogP contribution >= 0.6 is 23.6 Å². The second kappa shape index (κ2) is 4.98. The van der Waals surface area contributed by atoms with Gasteiger partial charge >= 0.3 is 0 Å². The SMILES string of the molecule is NC(=S)c1cccc(C(=O)Nc2nncs2)c1. The number of carbonyl (C=O) groups excluding carboxylic acids is 1. The van der Waals surface area contributed by atoms with Gasteiger partial charge in [-0.15, -0.1) is 10.2 Å². The number of benzene rings is 1. The van der Waals surface area contributed by atoms with Crippen molar-refractivity contribution in [3.8, 4) is 0 Å². The van der Waals surface area contributed by atoms with Crippen LogP contribution in [0.15, 0.2) is 29.8 Å². The highest BCUT2D eigenvalue weighted by Crippen LogP contribution is 2.11. The summed E-state index contributed by atoms with van der Waals surface area (Å²) in [6, 6.07) is 6.80. The summed E-state index contributed by atoms with van der Waals surface area (Å²) in [6.45, 7) is 0. The first-order valence-electron chi connectivity index (χ1n) is 4.64. The largest absolute Gasteiger partial charge is 0.389 e. The molecule has 0 fully saturated rings. The molecule has 0 spiro atoms. The molecule has 5 nitrogen and oxygen atoms in total. The van der Waals surface area contributed by atoms with Gasteiger partial charge in [0.1, 0.15) is 10.5 Å². The van der Waals surface area contributed by atoms with Crippen molar-refractivity contribution < 1.29 is 4.79 Å². The molecule has 0 aliphatic carbocycles. The molecule has 1 aromatic heterocycles. The van der Waals surface area contributed by atoms with E-state index < -0.39 is 0 Å². The lowest BCUT2D eigenvalue weighted by atomic mass is 10.1. The van der Waals surface area contributed by atoms with Gasteiger partial charge in [-0.05, 0) is 12.1 Å². The molecule has 1 amide bonds. The quantitative estimate of drug-likeness (QED) is 0.820. The highest BCUT2D eigenvalue weighted by atomic mass is 32.1. The van der Waals surface area contributed by atoms with Gasteiger partial charge < -0.3 is 5.73 Å². The van der Waals surface area contributed by atoms with Crippen LogP contribution in [0.1, 0.15) is 15.9 Å². The molecule has 0 saturated carbocycles. The van der Waals surface area contributed by atoms with Gasteiger partial charge in [-0.3, -0.25) is 10.1 Å². The third-order valence-corrected chi connectivity index (χ3v) is 2.83. The van der Waals surface area contributed by atoms with Gasteiger partial charge in [0.2, 0.25) is 5.13 Å². The van der Waals surface area contributed by atoms with Gasteiger partial charge in [-0.25, -0.2) is 0 Å².